The zero-order chi connectivity index (χ0) is 24.3. The zero-order valence-electron chi connectivity index (χ0n) is 17.7. The van der Waals surface area contributed by atoms with Gasteiger partial charge in [0, 0.05) is 22.8 Å². The van der Waals surface area contributed by atoms with Crippen LogP contribution in [0.3, 0.4) is 0 Å². The van der Waals surface area contributed by atoms with E-state index in [0.717, 1.165) is 12.1 Å². The summed E-state index contributed by atoms with van der Waals surface area (Å²) in [6, 6.07) is 1.51. The van der Waals surface area contributed by atoms with Gasteiger partial charge >= 0.3 is 6.18 Å². The smallest absolute Gasteiger partial charge is 0.419 e. The number of fused-ring (bicyclic) bond motifs is 2. The van der Waals surface area contributed by atoms with E-state index < -0.39 is 46.8 Å². The number of methoxy groups -OCH3 is 1. The van der Waals surface area contributed by atoms with Crippen LogP contribution in [0.1, 0.15) is 42.3 Å². The number of halogens is 6. The number of nitrogens with one attached hydrogen (secondary N) is 1. The molecule has 2 N–H and O–H groups in total. The summed E-state index contributed by atoms with van der Waals surface area (Å²) in [6.07, 6.45) is -4.55. The Morgan fingerprint density at radius 2 is 1.97 bits per heavy atom. The molecule has 176 valence electrons. The summed E-state index contributed by atoms with van der Waals surface area (Å²) in [7, 11) is 1.18. The van der Waals surface area contributed by atoms with Crippen molar-refractivity contribution in [2.45, 2.75) is 44.0 Å². The minimum absolute atomic E-state index is 0.0546. The average Bonchev–Trinajstić information content (AvgIpc) is 2.73. The van der Waals surface area contributed by atoms with Gasteiger partial charge in [0.25, 0.3) is 0 Å². The van der Waals surface area contributed by atoms with Crippen molar-refractivity contribution in [1.29, 1.82) is 0 Å². The zero-order valence-corrected chi connectivity index (χ0v) is 18.4. The minimum atomic E-state index is -5.06. The number of aromatic nitrogens is 2. The maximum Gasteiger partial charge on any atom is 0.419 e. The third-order valence-electron chi connectivity index (χ3n) is 5.96. The molecule has 1 aliphatic carbocycles. The van der Waals surface area contributed by atoms with Crippen molar-refractivity contribution in [3.63, 3.8) is 0 Å². The van der Waals surface area contributed by atoms with Crippen molar-refractivity contribution in [2.24, 2.45) is 0 Å². The van der Waals surface area contributed by atoms with Crippen LogP contribution in [0.25, 0.3) is 10.9 Å². The number of nitrogens with zero attached hydrogens (tertiary/aromatic N) is 2. The number of aliphatic hydroxyl groups is 1. The van der Waals surface area contributed by atoms with Crippen LogP contribution in [0.4, 0.5) is 27.6 Å². The molecule has 0 aliphatic heterocycles. The normalized spacial score (nSPS) is 22.8. The Kier molecular flexibility index (Phi) is 5.65. The summed E-state index contributed by atoms with van der Waals surface area (Å²) in [5.41, 5.74) is -3.22. The molecule has 1 aromatic heterocycles. The molecule has 1 heterocycles. The van der Waals surface area contributed by atoms with Crippen molar-refractivity contribution in [3.8, 4) is 5.75 Å². The second kappa shape index (κ2) is 7.95. The number of hydrogen-bond donors (Lipinski definition) is 2. The highest BCUT2D eigenvalue weighted by Gasteiger charge is 2.62. The fourth-order valence-electron chi connectivity index (χ4n) is 4.46. The molecule has 3 aromatic rings. The molecule has 11 heteroatoms. The summed E-state index contributed by atoms with van der Waals surface area (Å²) >= 11 is 5.97. The lowest BCUT2D eigenvalue weighted by molar-refractivity contribution is -0.272. The first-order valence-electron chi connectivity index (χ1n) is 9.92. The molecule has 0 radical (unpaired) electrons. The van der Waals surface area contributed by atoms with E-state index in [-0.39, 0.29) is 39.3 Å². The summed E-state index contributed by atoms with van der Waals surface area (Å²) in [6.45, 7) is 2.98. The third-order valence-corrected chi connectivity index (χ3v) is 6.24. The molecule has 0 spiro atoms. The molecule has 0 fully saturated rings. The second-order valence-electron chi connectivity index (χ2n) is 8.09. The lowest BCUT2D eigenvalue weighted by Gasteiger charge is -2.45. The molecule has 1 unspecified atom stereocenters. The van der Waals surface area contributed by atoms with Gasteiger partial charge in [0.2, 0.25) is 0 Å². The quantitative estimate of drug-likeness (QED) is 0.455. The molecular formula is C22H19ClF5N3O2. The van der Waals surface area contributed by atoms with Gasteiger partial charge in [-0.1, -0.05) is 18.5 Å². The van der Waals surface area contributed by atoms with Gasteiger partial charge in [-0.2, -0.15) is 13.2 Å². The molecule has 1 aliphatic rings. The van der Waals surface area contributed by atoms with Crippen molar-refractivity contribution < 1.29 is 31.8 Å². The van der Waals surface area contributed by atoms with Crippen molar-refractivity contribution in [3.05, 3.63) is 58.0 Å². The fourth-order valence-corrected chi connectivity index (χ4v) is 4.66. The number of ether oxygens (including phenoxy) is 1. The number of anilines is 1. The van der Waals surface area contributed by atoms with Gasteiger partial charge in [0.15, 0.2) is 17.2 Å². The first-order chi connectivity index (χ1) is 15.4. The highest BCUT2D eigenvalue weighted by molar-refractivity contribution is 6.31. The van der Waals surface area contributed by atoms with Gasteiger partial charge in [-0.05, 0) is 43.0 Å². The van der Waals surface area contributed by atoms with Crippen LogP contribution in [0.2, 0.25) is 5.02 Å². The summed E-state index contributed by atoms with van der Waals surface area (Å²) < 4.78 is 76.7. The van der Waals surface area contributed by atoms with Crippen molar-refractivity contribution in [1.82, 2.24) is 9.97 Å². The van der Waals surface area contributed by atoms with Crippen molar-refractivity contribution >= 4 is 28.2 Å². The maximum absolute atomic E-state index is 14.6. The molecule has 4 rings (SSSR count). The van der Waals surface area contributed by atoms with E-state index in [4.69, 9.17) is 16.3 Å². The number of benzene rings is 2. The van der Waals surface area contributed by atoms with Gasteiger partial charge < -0.3 is 15.2 Å². The summed E-state index contributed by atoms with van der Waals surface area (Å²) in [5, 5.41) is 13.3. The monoisotopic (exact) mass is 487 g/mol. The average molecular weight is 488 g/mol. The molecule has 33 heavy (non-hydrogen) atoms. The standard InChI is InChI=1S/C22H19ClF5N3O2/c1-9-7-21(32,22(26,27)28)20(11-6-13(23)17(25)19(33-3)16(9)11)31-15-5-4-14(24)18-12(15)8-29-10(2)30-18/h4-6,8-9,20,31-32H,7H2,1-3H3/t9-,20?,21-/m1/s1. The minimum Gasteiger partial charge on any atom is -0.493 e. The second-order valence-corrected chi connectivity index (χ2v) is 8.49. The largest absolute Gasteiger partial charge is 0.493 e. The van der Waals surface area contributed by atoms with Gasteiger partial charge in [-0.15, -0.1) is 0 Å². The van der Waals surface area contributed by atoms with Crippen LogP contribution in [0, 0.1) is 18.6 Å². The topological polar surface area (TPSA) is 67.3 Å². The molecule has 5 nitrogen and oxygen atoms in total. The molecule has 2 aromatic carbocycles. The number of aryl methyl sites for hydroxylation is 1. The predicted molar refractivity (Wildman–Crippen MR) is 113 cm³/mol. The van der Waals surface area contributed by atoms with E-state index in [0.29, 0.717) is 0 Å². The van der Waals surface area contributed by atoms with E-state index >= 15 is 0 Å². The van der Waals surface area contributed by atoms with Crippen LogP contribution < -0.4 is 10.1 Å². The van der Waals surface area contributed by atoms with Gasteiger partial charge in [-0.3, -0.25) is 0 Å². The van der Waals surface area contributed by atoms with E-state index in [9.17, 15) is 27.1 Å². The molecule has 3 atom stereocenters. The molecular weight excluding hydrogens is 469 g/mol. The molecule has 0 amide bonds. The van der Waals surface area contributed by atoms with E-state index in [1.54, 1.807) is 6.92 Å². The van der Waals surface area contributed by atoms with Gasteiger partial charge in [0.05, 0.1) is 18.2 Å². The number of alkyl halides is 3. The van der Waals surface area contributed by atoms with Gasteiger partial charge in [-0.25, -0.2) is 18.7 Å². The summed E-state index contributed by atoms with van der Waals surface area (Å²) in [5.74, 6) is -2.52. The first-order valence-corrected chi connectivity index (χ1v) is 10.3. The summed E-state index contributed by atoms with van der Waals surface area (Å²) in [4.78, 5) is 8.03. The van der Waals surface area contributed by atoms with E-state index in [2.05, 4.69) is 15.3 Å². The Morgan fingerprint density at radius 3 is 2.61 bits per heavy atom. The van der Waals surface area contributed by atoms with Crippen LogP contribution in [0.15, 0.2) is 24.4 Å². The van der Waals surface area contributed by atoms with Crippen molar-refractivity contribution in [2.75, 3.05) is 12.4 Å². The van der Waals surface area contributed by atoms with Crippen LogP contribution in [-0.4, -0.2) is 34.0 Å². The molecule has 0 bridgehead atoms. The predicted octanol–water partition coefficient (Wildman–Crippen LogP) is 5.83. The van der Waals surface area contributed by atoms with Gasteiger partial charge in [0.1, 0.15) is 17.2 Å². The lowest BCUT2D eigenvalue weighted by atomic mass is 9.70. The highest BCUT2D eigenvalue weighted by Crippen LogP contribution is 2.55. The Labute approximate surface area is 190 Å². The van der Waals surface area contributed by atoms with Crippen LogP contribution in [-0.2, 0) is 0 Å². The Balaban J connectivity index is 1.98. The molecule has 0 saturated carbocycles. The van der Waals surface area contributed by atoms with E-state index in [1.165, 1.54) is 26.3 Å². The molecule has 0 saturated heterocycles. The highest BCUT2D eigenvalue weighted by atomic mass is 35.5. The van der Waals surface area contributed by atoms with Crippen LogP contribution >= 0.6 is 11.6 Å². The Bertz CT molecular complexity index is 1250. The lowest BCUT2D eigenvalue weighted by Crippen LogP contribution is -2.55. The van der Waals surface area contributed by atoms with Crippen LogP contribution in [0.5, 0.6) is 5.75 Å². The Hall–Kier alpha value is -2.72. The number of hydrogen-bond acceptors (Lipinski definition) is 5. The number of rotatable bonds is 3. The first kappa shape index (κ1) is 23.4. The Morgan fingerprint density at radius 1 is 1.27 bits per heavy atom. The fraction of sp³-hybridized carbons (Fsp3) is 0.364. The van der Waals surface area contributed by atoms with E-state index in [1.807, 2.05) is 0 Å². The SMILES string of the molecule is COc1c(F)c(Cl)cc2c1[C@H](C)C[C@](O)(C(F)(F)F)C2Nc1ccc(F)c2nc(C)ncc12. The maximum atomic E-state index is 14.6. The third kappa shape index (κ3) is 3.65.